The van der Waals surface area contributed by atoms with Crippen molar-refractivity contribution in [2.45, 2.75) is 33.7 Å². The van der Waals surface area contributed by atoms with E-state index in [0.29, 0.717) is 12.5 Å². The first kappa shape index (κ1) is 22.4. The molecule has 26 heavy (non-hydrogen) atoms. The largest absolute Gasteiger partial charge is 0.357 e. The second-order valence-electron chi connectivity index (χ2n) is 5.68. The summed E-state index contributed by atoms with van der Waals surface area (Å²) in [4.78, 5) is 17.8. The summed E-state index contributed by atoms with van der Waals surface area (Å²) >= 11 is 1.71. The second kappa shape index (κ2) is 11.9. The van der Waals surface area contributed by atoms with Crippen molar-refractivity contribution in [1.29, 1.82) is 0 Å². The first-order chi connectivity index (χ1) is 12.1. The fourth-order valence-corrected chi connectivity index (χ4v) is 3.16. The summed E-state index contributed by atoms with van der Waals surface area (Å²) in [6, 6.07) is 9.98. The van der Waals surface area contributed by atoms with E-state index >= 15 is 0 Å². The molecule has 0 aliphatic heterocycles. The number of nitrogens with one attached hydrogen (secondary N) is 3. The van der Waals surface area contributed by atoms with Crippen molar-refractivity contribution in [1.82, 2.24) is 10.6 Å². The summed E-state index contributed by atoms with van der Waals surface area (Å²) in [5, 5.41) is 11.4. The Morgan fingerprint density at radius 3 is 2.65 bits per heavy atom. The van der Waals surface area contributed by atoms with Crippen molar-refractivity contribution in [2.75, 3.05) is 18.4 Å². The van der Waals surface area contributed by atoms with E-state index in [1.54, 1.807) is 11.3 Å². The number of guanidine groups is 1. The normalized spacial score (nSPS) is 10.8. The number of anilines is 1. The van der Waals surface area contributed by atoms with Gasteiger partial charge in [-0.15, -0.1) is 35.3 Å². The van der Waals surface area contributed by atoms with Crippen LogP contribution in [0.1, 0.15) is 29.9 Å². The lowest BCUT2D eigenvalue weighted by Crippen LogP contribution is -2.37. The summed E-state index contributed by atoms with van der Waals surface area (Å²) in [5.41, 5.74) is 3.27. The zero-order valence-corrected chi connectivity index (χ0v) is 18.6. The minimum absolute atomic E-state index is 0. The summed E-state index contributed by atoms with van der Waals surface area (Å²) in [6.45, 7) is 7.72. The molecule has 3 N–H and O–H groups in total. The van der Waals surface area contributed by atoms with Crippen molar-refractivity contribution >= 4 is 52.9 Å². The van der Waals surface area contributed by atoms with Gasteiger partial charge in [0, 0.05) is 17.1 Å². The molecule has 0 saturated carbocycles. The Labute approximate surface area is 176 Å². The first-order valence-electron chi connectivity index (χ1n) is 8.56. The van der Waals surface area contributed by atoms with Crippen molar-refractivity contribution in [2.24, 2.45) is 4.99 Å². The molecule has 0 radical (unpaired) electrons. The fraction of sp³-hybridized carbons (Fsp3) is 0.368. The molecule has 0 bridgehead atoms. The van der Waals surface area contributed by atoms with Crippen LogP contribution in [0, 0.1) is 6.92 Å². The van der Waals surface area contributed by atoms with E-state index in [1.807, 2.05) is 31.2 Å². The number of aliphatic imine (C=N–C) groups is 1. The summed E-state index contributed by atoms with van der Waals surface area (Å²) in [7, 11) is 0. The average Bonchev–Trinajstić information content (AvgIpc) is 3.02. The molecule has 0 spiro atoms. The highest BCUT2D eigenvalue weighted by Gasteiger charge is 2.05. The van der Waals surface area contributed by atoms with Crippen molar-refractivity contribution in [3.63, 3.8) is 0 Å². The molecule has 7 heteroatoms. The molecule has 0 unspecified atom stereocenters. The number of amides is 1. The molecule has 0 aliphatic carbocycles. The number of halogens is 1. The fourth-order valence-electron chi connectivity index (χ4n) is 2.31. The number of carbonyl (C=O) groups excluding carboxylic acids is 1. The summed E-state index contributed by atoms with van der Waals surface area (Å²) < 4.78 is 0. The lowest BCUT2D eigenvalue weighted by molar-refractivity contribution is -0.114. The smallest absolute Gasteiger partial charge is 0.246 e. The van der Waals surface area contributed by atoms with E-state index in [-0.39, 0.29) is 36.4 Å². The number of nitrogens with zero attached hydrogens (tertiary/aromatic N) is 1. The number of benzene rings is 1. The molecule has 142 valence electrons. The molecule has 5 nitrogen and oxygen atoms in total. The Bertz CT molecular complexity index is 730. The minimum Gasteiger partial charge on any atom is -0.357 e. The molecule has 1 aromatic heterocycles. The standard InChI is InChI=1S/C19H26N4OS.HI/c1-4-15-7-6-8-16(11-15)23-18(24)13-22-19(20-5-2)21-12-17-14(3)9-10-25-17;/h6-11H,4-5,12-13H2,1-3H3,(H,23,24)(H2,20,21,22);1H. The molecule has 2 rings (SSSR count). The number of aryl methyl sites for hydroxylation is 2. The lowest BCUT2D eigenvalue weighted by atomic mass is 10.1. The van der Waals surface area contributed by atoms with Crippen LogP contribution in [0.15, 0.2) is 40.7 Å². The number of hydrogen-bond acceptors (Lipinski definition) is 3. The zero-order chi connectivity index (χ0) is 18.1. The Balaban J connectivity index is 0.00000338. The molecule has 0 fully saturated rings. The van der Waals surface area contributed by atoms with Crippen molar-refractivity contribution < 1.29 is 4.79 Å². The van der Waals surface area contributed by atoms with Gasteiger partial charge < -0.3 is 16.0 Å². The maximum absolute atomic E-state index is 12.1. The van der Waals surface area contributed by atoms with Crippen LogP contribution >= 0.6 is 35.3 Å². The maximum atomic E-state index is 12.1. The van der Waals surface area contributed by atoms with E-state index in [1.165, 1.54) is 16.0 Å². The van der Waals surface area contributed by atoms with E-state index in [9.17, 15) is 4.79 Å². The molecule has 0 aliphatic rings. The molecular weight excluding hydrogens is 459 g/mol. The monoisotopic (exact) mass is 486 g/mol. The first-order valence-corrected chi connectivity index (χ1v) is 9.44. The second-order valence-corrected chi connectivity index (χ2v) is 6.68. The van der Waals surface area contributed by atoms with Crippen LogP contribution in [0.2, 0.25) is 0 Å². The topological polar surface area (TPSA) is 65.5 Å². The number of thiophene rings is 1. The van der Waals surface area contributed by atoms with Gasteiger partial charge in [-0.25, -0.2) is 4.99 Å². The predicted octanol–water partition coefficient (Wildman–Crippen LogP) is 3.93. The Morgan fingerprint density at radius 2 is 2.00 bits per heavy atom. The van der Waals surface area contributed by atoms with Gasteiger partial charge in [0.1, 0.15) is 6.54 Å². The molecule has 1 heterocycles. The average molecular weight is 486 g/mol. The lowest BCUT2D eigenvalue weighted by Gasteiger charge is -2.11. The van der Waals surface area contributed by atoms with Gasteiger partial charge in [-0.2, -0.15) is 0 Å². The number of hydrogen-bond donors (Lipinski definition) is 3. The van der Waals surface area contributed by atoms with Gasteiger partial charge in [0.2, 0.25) is 5.91 Å². The van der Waals surface area contributed by atoms with Crippen LogP contribution < -0.4 is 16.0 Å². The van der Waals surface area contributed by atoms with E-state index in [2.05, 4.69) is 46.2 Å². The van der Waals surface area contributed by atoms with Gasteiger partial charge in [-0.1, -0.05) is 19.1 Å². The third-order valence-corrected chi connectivity index (χ3v) is 4.75. The summed E-state index contributed by atoms with van der Waals surface area (Å²) in [6.07, 6.45) is 0.943. The van der Waals surface area contributed by atoms with Crippen LogP contribution in [0.3, 0.4) is 0 Å². The number of rotatable bonds is 7. The van der Waals surface area contributed by atoms with Gasteiger partial charge >= 0.3 is 0 Å². The van der Waals surface area contributed by atoms with E-state index in [0.717, 1.165) is 18.7 Å². The highest BCUT2D eigenvalue weighted by atomic mass is 127. The molecule has 1 amide bonds. The Hall–Kier alpha value is -1.61. The van der Waals surface area contributed by atoms with E-state index in [4.69, 9.17) is 0 Å². The third-order valence-electron chi connectivity index (χ3n) is 3.73. The molecular formula is C19H27IN4OS. The SMILES string of the molecule is CCNC(=NCC(=O)Nc1cccc(CC)c1)NCc1sccc1C.I. The predicted molar refractivity (Wildman–Crippen MR) is 122 cm³/mol. The van der Waals surface area contributed by atoms with Crippen molar-refractivity contribution in [3.8, 4) is 0 Å². The number of carbonyl (C=O) groups is 1. The highest BCUT2D eigenvalue weighted by Crippen LogP contribution is 2.14. The molecule has 0 saturated heterocycles. The quantitative estimate of drug-likeness (QED) is 0.316. The van der Waals surface area contributed by atoms with Crippen LogP contribution in [0.5, 0.6) is 0 Å². The molecule has 0 atom stereocenters. The van der Waals surface area contributed by atoms with Gasteiger partial charge in [0.05, 0.1) is 6.54 Å². The molecule has 2 aromatic rings. The summed E-state index contributed by atoms with van der Waals surface area (Å²) in [5.74, 6) is 0.519. The van der Waals surface area contributed by atoms with Gasteiger partial charge in [-0.05, 0) is 55.0 Å². The van der Waals surface area contributed by atoms with Gasteiger partial charge in [-0.3, -0.25) is 4.79 Å². The van der Waals surface area contributed by atoms with Crippen molar-refractivity contribution in [3.05, 3.63) is 51.7 Å². The van der Waals surface area contributed by atoms with Gasteiger partial charge in [0.25, 0.3) is 0 Å². The minimum atomic E-state index is -0.127. The van der Waals surface area contributed by atoms with Crippen LogP contribution in [0.4, 0.5) is 5.69 Å². The Kier molecular flexibility index (Phi) is 10.3. The maximum Gasteiger partial charge on any atom is 0.246 e. The Morgan fingerprint density at radius 1 is 1.19 bits per heavy atom. The molecule has 1 aromatic carbocycles. The van der Waals surface area contributed by atoms with E-state index < -0.39 is 0 Å². The van der Waals surface area contributed by atoms with Gasteiger partial charge in [0.15, 0.2) is 5.96 Å². The zero-order valence-electron chi connectivity index (χ0n) is 15.5. The van der Waals surface area contributed by atoms with Crippen LogP contribution in [-0.4, -0.2) is 25.0 Å². The van der Waals surface area contributed by atoms with Crippen LogP contribution in [-0.2, 0) is 17.8 Å². The highest BCUT2D eigenvalue weighted by molar-refractivity contribution is 14.0. The third kappa shape index (κ3) is 7.33. The van der Waals surface area contributed by atoms with Crippen LogP contribution in [0.25, 0.3) is 0 Å².